The van der Waals surface area contributed by atoms with E-state index in [0.29, 0.717) is 0 Å². The molecule has 1 fully saturated rings. The van der Waals surface area contributed by atoms with Gasteiger partial charge in [-0.3, -0.25) is 9.88 Å². The Balaban J connectivity index is 1.68. The van der Waals surface area contributed by atoms with Crippen LogP contribution in [0.2, 0.25) is 0 Å². The summed E-state index contributed by atoms with van der Waals surface area (Å²) in [6.07, 6.45) is 5.64. The van der Waals surface area contributed by atoms with Gasteiger partial charge in [0.2, 0.25) is 0 Å². The smallest absolute Gasteiger partial charge is 0.125 e. The van der Waals surface area contributed by atoms with Gasteiger partial charge in [0.25, 0.3) is 0 Å². The summed E-state index contributed by atoms with van der Waals surface area (Å²) in [6.45, 7) is 7.40. The van der Waals surface area contributed by atoms with E-state index in [9.17, 15) is 0 Å². The maximum absolute atomic E-state index is 5.86. The first-order valence-corrected chi connectivity index (χ1v) is 7.25. The molecule has 0 spiro atoms. The Labute approximate surface area is 125 Å². The van der Waals surface area contributed by atoms with E-state index in [0.717, 1.165) is 37.8 Å². The molecule has 0 amide bonds. The minimum absolute atomic E-state index is 0.0261. The van der Waals surface area contributed by atoms with Crippen LogP contribution in [0.15, 0.2) is 30.7 Å². The quantitative estimate of drug-likeness (QED) is 0.863. The summed E-state index contributed by atoms with van der Waals surface area (Å²) in [4.78, 5) is 15.3. The van der Waals surface area contributed by atoms with Crippen molar-refractivity contribution in [3.63, 3.8) is 0 Å². The Bertz CT molecular complexity index is 617. The van der Waals surface area contributed by atoms with E-state index < -0.39 is 0 Å². The van der Waals surface area contributed by atoms with Gasteiger partial charge in [0.05, 0.1) is 12.3 Å². The molecule has 5 heteroatoms. The van der Waals surface area contributed by atoms with Crippen molar-refractivity contribution in [2.45, 2.75) is 26.5 Å². The van der Waals surface area contributed by atoms with Crippen molar-refractivity contribution in [2.75, 3.05) is 19.7 Å². The van der Waals surface area contributed by atoms with Crippen LogP contribution < -0.4 is 0 Å². The van der Waals surface area contributed by atoms with Crippen molar-refractivity contribution in [1.29, 1.82) is 0 Å². The van der Waals surface area contributed by atoms with E-state index in [1.54, 1.807) is 6.20 Å². The first-order valence-electron chi connectivity index (χ1n) is 7.25. The van der Waals surface area contributed by atoms with Gasteiger partial charge in [-0.25, -0.2) is 9.97 Å². The van der Waals surface area contributed by atoms with Crippen molar-refractivity contribution >= 4 is 0 Å². The predicted octanol–water partition coefficient (Wildman–Crippen LogP) is 2.06. The largest absolute Gasteiger partial charge is 0.369 e. The lowest BCUT2D eigenvalue weighted by Gasteiger charge is -2.32. The van der Waals surface area contributed by atoms with Crippen molar-refractivity contribution in [2.24, 2.45) is 0 Å². The maximum atomic E-state index is 5.86. The van der Waals surface area contributed by atoms with Crippen LogP contribution in [0.25, 0.3) is 0 Å². The van der Waals surface area contributed by atoms with Crippen LogP contribution in [0.5, 0.6) is 0 Å². The zero-order valence-corrected chi connectivity index (χ0v) is 12.5. The summed E-state index contributed by atoms with van der Waals surface area (Å²) in [5.41, 5.74) is 3.41. The monoisotopic (exact) mass is 284 g/mol. The van der Waals surface area contributed by atoms with Crippen LogP contribution in [0.1, 0.15) is 28.7 Å². The van der Waals surface area contributed by atoms with E-state index in [-0.39, 0.29) is 6.10 Å². The summed E-state index contributed by atoms with van der Waals surface area (Å²) >= 11 is 0. The molecular weight excluding hydrogens is 264 g/mol. The fraction of sp³-hybridized carbons (Fsp3) is 0.438. The molecule has 110 valence electrons. The minimum atomic E-state index is 0.0261. The molecule has 3 heterocycles. The third-order valence-electron chi connectivity index (χ3n) is 3.62. The molecule has 0 aromatic carbocycles. The molecule has 0 N–H and O–H groups in total. The predicted molar refractivity (Wildman–Crippen MR) is 79.7 cm³/mol. The molecule has 0 saturated carbocycles. The van der Waals surface area contributed by atoms with Gasteiger partial charge in [-0.05, 0) is 31.0 Å². The summed E-state index contributed by atoms with van der Waals surface area (Å²) in [5, 5.41) is 0. The summed E-state index contributed by atoms with van der Waals surface area (Å²) in [7, 11) is 0. The topological polar surface area (TPSA) is 51.1 Å². The SMILES string of the molecule is Cc1cncc(CN2CCO[C@@H](c3ccnc(C)n3)C2)c1. The van der Waals surface area contributed by atoms with Crippen LogP contribution in [-0.4, -0.2) is 39.5 Å². The highest BCUT2D eigenvalue weighted by atomic mass is 16.5. The summed E-state index contributed by atoms with van der Waals surface area (Å²) in [6, 6.07) is 4.13. The lowest BCUT2D eigenvalue weighted by atomic mass is 10.1. The molecule has 0 aliphatic carbocycles. The lowest BCUT2D eigenvalue weighted by Crippen LogP contribution is -2.38. The standard InChI is InChI=1S/C16H20N4O/c1-12-7-14(9-17-8-12)10-20-5-6-21-16(11-20)15-3-4-18-13(2)19-15/h3-4,7-9,16H,5-6,10-11H2,1-2H3/t16-/m1/s1. The second-order valence-electron chi connectivity index (χ2n) is 5.49. The number of rotatable bonds is 3. The van der Waals surface area contributed by atoms with Gasteiger partial charge >= 0.3 is 0 Å². The molecule has 1 aliphatic heterocycles. The Kier molecular flexibility index (Phi) is 4.22. The highest BCUT2D eigenvalue weighted by molar-refractivity contribution is 5.16. The number of nitrogens with zero attached hydrogens (tertiary/aromatic N) is 4. The van der Waals surface area contributed by atoms with Gasteiger partial charge in [-0.1, -0.05) is 6.07 Å². The third-order valence-corrected chi connectivity index (χ3v) is 3.62. The summed E-state index contributed by atoms with van der Waals surface area (Å²) in [5.74, 6) is 0.788. The number of aryl methyl sites for hydroxylation is 2. The molecule has 1 atom stereocenters. The van der Waals surface area contributed by atoms with Crippen LogP contribution in [0.4, 0.5) is 0 Å². The number of hydrogen-bond acceptors (Lipinski definition) is 5. The van der Waals surface area contributed by atoms with Gasteiger partial charge in [0.1, 0.15) is 11.9 Å². The minimum Gasteiger partial charge on any atom is -0.369 e. The number of morpholine rings is 1. The average Bonchev–Trinajstić information content (AvgIpc) is 2.47. The van der Waals surface area contributed by atoms with Crippen molar-refractivity contribution in [3.8, 4) is 0 Å². The lowest BCUT2D eigenvalue weighted by molar-refractivity contribution is -0.0351. The molecule has 3 rings (SSSR count). The Morgan fingerprint density at radius 1 is 1.33 bits per heavy atom. The molecular formula is C16H20N4O. The highest BCUT2D eigenvalue weighted by Crippen LogP contribution is 2.21. The van der Waals surface area contributed by atoms with Crippen molar-refractivity contribution < 1.29 is 4.74 Å². The number of aromatic nitrogens is 3. The zero-order valence-electron chi connectivity index (χ0n) is 12.5. The molecule has 0 radical (unpaired) electrons. The highest BCUT2D eigenvalue weighted by Gasteiger charge is 2.23. The Morgan fingerprint density at radius 3 is 3.05 bits per heavy atom. The number of pyridine rings is 1. The van der Waals surface area contributed by atoms with Crippen LogP contribution in [0, 0.1) is 13.8 Å². The zero-order chi connectivity index (χ0) is 14.7. The molecule has 0 bridgehead atoms. The van der Waals surface area contributed by atoms with Crippen molar-refractivity contribution in [3.05, 3.63) is 53.4 Å². The van der Waals surface area contributed by atoms with E-state index in [4.69, 9.17) is 4.74 Å². The van der Waals surface area contributed by atoms with E-state index in [1.165, 1.54) is 11.1 Å². The van der Waals surface area contributed by atoms with Gasteiger partial charge in [0.15, 0.2) is 0 Å². The third kappa shape index (κ3) is 3.62. The second-order valence-corrected chi connectivity index (χ2v) is 5.49. The van der Waals surface area contributed by atoms with Gasteiger partial charge in [0, 0.05) is 38.2 Å². The molecule has 1 saturated heterocycles. The first-order chi connectivity index (χ1) is 10.2. The van der Waals surface area contributed by atoms with Crippen LogP contribution in [0.3, 0.4) is 0 Å². The Morgan fingerprint density at radius 2 is 2.24 bits per heavy atom. The second kappa shape index (κ2) is 6.28. The number of hydrogen-bond donors (Lipinski definition) is 0. The van der Waals surface area contributed by atoms with E-state index in [1.807, 2.05) is 25.4 Å². The molecule has 2 aromatic heterocycles. The molecule has 21 heavy (non-hydrogen) atoms. The molecule has 2 aromatic rings. The van der Waals surface area contributed by atoms with E-state index in [2.05, 4.69) is 32.8 Å². The fourth-order valence-electron chi connectivity index (χ4n) is 2.64. The molecule has 5 nitrogen and oxygen atoms in total. The Hall–Kier alpha value is -1.85. The van der Waals surface area contributed by atoms with Crippen molar-refractivity contribution in [1.82, 2.24) is 19.9 Å². The van der Waals surface area contributed by atoms with Gasteiger partial charge in [-0.2, -0.15) is 0 Å². The molecule has 0 unspecified atom stereocenters. The van der Waals surface area contributed by atoms with Crippen LogP contribution >= 0.6 is 0 Å². The molecule has 1 aliphatic rings. The van der Waals surface area contributed by atoms with Gasteiger partial charge < -0.3 is 4.74 Å². The summed E-state index contributed by atoms with van der Waals surface area (Å²) < 4.78 is 5.86. The maximum Gasteiger partial charge on any atom is 0.125 e. The van der Waals surface area contributed by atoms with E-state index >= 15 is 0 Å². The van der Waals surface area contributed by atoms with Crippen LogP contribution in [-0.2, 0) is 11.3 Å². The fourth-order valence-corrected chi connectivity index (χ4v) is 2.64. The normalized spacial score (nSPS) is 19.6. The first kappa shape index (κ1) is 14.1. The number of ether oxygens (including phenoxy) is 1. The average molecular weight is 284 g/mol. The van der Waals surface area contributed by atoms with Gasteiger partial charge in [-0.15, -0.1) is 0 Å².